The molecule has 0 aromatic carbocycles. The van der Waals surface area contributed by atoms with Crippen LogP contribution in [0.25, 0.3) is 0 Å². The van der Waals surface area contributed by atoms with Gasteiger partial charge in [-0.25, -0.2) is 0 Å². The predicted molar refractivity (Wildman–Crippen MR) is 48.2 cm³/mol. The highest BCUT2D eigenvalue weighted by molar-refractivity contribution is 5.06. The molecular formula is C9H13N3O. The van der Waals surface area contributed by atoms with Crippen LogP contribution >= 0.6 is 0 Å². The van der Waals surface area contributed by atoms with Crippen molar-refractivity contribution in [2.75, 3.05) is 6.54 Å². The van der Waals surface area contributed by atoms with E-state index < -0.39 is 0 Å². The maximum Gasteiger partial charge on any atom is 0.233 e. The van der Waals surface area contributed by atoms with Gasteiger partial charge in [0.2, 0.25) is 5.88 Å². The lowest BCUT2D eigenvalue weighted by Crippen LogP contribution is -2.37. The quantitative estimate of drug-likeness (QED) is 0.737. The second-order valence-corrected chi connectivity index (χ2v) is 3.37. The Morgan fingerprint density at radius 1 is 1.54 bits per heavy atom. The van der Waals surface area contributed by atoms with Crippen molar-refractivity contribution in [2.45, 2.75) is 18.9 Å². The zero-order valence-electron chi connectivity index (χ0n) is 7.39. The fraction of sp³-hybridized carbons (Fsp3) is 0.556. The van der Waals surface area contributed by atoms with Gasteiger partial charge in [0.1, 0.15) is 6.10 Å². The summed E-state index contributed by atoms with van der Waals surface area (Å²) in [4.78, 5) is 0. The molecule has 1 saturated carbocycles. The third-order valence-electron chi connectivity index (χ3n) is 2.36. The van der Waals surface area contributed by atoms with Gasteiger partial charge in [-0.15, -0.1) is 5.10 Å². The van der Waals surface area contributed by atoms with Crippen molar-refractivity contribution in [1.82, 2.24) is 10.2 Å². The number of nitrogens with two attached hydrogens (primary N) is 1. The zero-order valence-corrected chi connectivity index (χ0v) is 7.39. The average Bonchev–Trinajstić information content (AvgIpc) is 2.12. The largest absolute Gasteiger partial charge is 0.473 e. The van der Waals surface area contributed by atoms with Crippen LogP contribution < -0.4 is 10.5 Å². The summed E-state index contributed by atoms with van der Waals surface area (Å²) in [5.74, 6) is 1.25. The maximum atomic E-state index is 5.55. The van der Waals surface area contributed by atoms with Crippen LogP contribution in [0.3, 0.4) is 0 Å². The predicted octanol–water partition coefficient (Wildman–Crippen LogP) is 0.593. The van der Waals surface area contributed by atoms with Gasteiger partial charge in [-0.05, 0) is 31.4 Å². The normalized spacial score (nSPS) is 26.5. The number of aromatic nitrogens is 2. The Morgan fingerprint density at radius 3 is 3.00 bits per heavy atom. The minimum atomic E-state index is 0.297. The first-order chi connectivity index (χ1) is 6.38. The molecule has 1 aromatic heterocycles. The fourth-order valence-electron chi connectivity index (χ4n) is 1.48. The molecule has 0 bridgehead atoms. The highest BCUT2D eigenvalue weighted by Crippen LogP contribution is 2.29. The standard InChI is InChI=1S/C9H13N3O/c10-6-7-4-8(5-7)13-9-2-1-3-11-12-9/h1-3,7-8H,4-6,10H2. The molecule has 0 spiro atoms. The molecule has 4 heteroatoms. The first kappa shape index (κ1) is 8.44. The van der Waals surface area contributed by atoms with Crippen LogP contribution in [0, 0.1) is 5.92 Å². The van der Waals surface area contributed by atoms with Gasteiger partial charge in [0, 0.05) is 12.3 Å². The molecule has 0 amide bonds. The third-order valence-corrected chi connectivity index (χ3v) is 2.36. The highest BCUT2D eigenvalue weighted by Gasteiger charge is 2.29. The Morgan fingerprint density at radius 2 is 2.38 bits per heavy atom. The maximum absolute atomic E-state index is 5.55. The van der Waals surface area contributed by atoms with Gasteiger partial charge in [-0.1, -0.05) is 0 Å². The summed E-state index contributed by atoms with van der Waals surface area (Å²) in [6.45, 7) is 0.764. The van der Waals surface area contributed by atoms with E-state index in [4.69, 9.17) is 10.5 Å². The van der Waals surface area contributed by atoms with Crippen LogP contribution in [-0.4, -0.2) is 22.8 Å². The van der Waals surface area contributed by atoms with Gasteiger partial charge >= 0.3 is 0 Å². The smallest absolute Gasteiger partial charge is 0.233 e. The zero-order chi connectivity index (χ0) is 9.10. The van der Waals surface area contributed by atoms with E-state index in [1.54, 1.807) is 6.20 Å². The van der Waals surface area contributed by atoms with Gasteiger partial charge in [-0.2, -0.15) is 5.10 Å². The summed E-state index contributed by atoms with van der Waals surface area (Å²) in [5, 5.41) is 7.58. The number of ether oxygens (including phenoxy) is 1. The van der Waals surface area contributed by atoms with Gasteiger partial charge in [-0.3, -0.25) is 0 Å². The van der Waals surface area contributed by atoms with Crippen molar-refractivity contribution in [3.8, 4) is 5.88 Å². The molecule has 0 aliphatic heterocycles. The first-order valence-corrected chi connectivity index (χ1v) is 4.53. The number of rotatable bonds is 3. The van der Waals surface area contributed by atoms with E-state index in [0.29, 0.717) is 17.9 Å². The summed E-state index contributed by atoms with van der Waals surface area (Å²) >= 11 is 0. The molecule has 2 N–H and O–H groups in total. The summed E-state index contributed by atoms with van der Waals surface area (Å²) in [5.41, 5.74) is 5.51. The Hall–Kier alpha value is -1.16. The number of nitrogens with zero attached hydrogens (tertiary/aromatic N) is 2. The van der Waals surface area contributed by atoms with E-state index in [0.717, 1.165) is 19.4 Å². The van der Waals surface area contributed by atoms with Crippen LogP contribution in [0.15, 0.2) is 18.3 Å². The molecule has 13 heavy (non-hydrogen) atoms. The van der Waals surface area contributed by atoms with Crippen molar-refractivity contribution < 1.29 is 4.74 Å². The van der Waals surface area contributed by atoms with E-state index in [-0.39, 0.29) is 0 Å². The molecule has 1 aromatic rings. The molecule has 2 rings (SSSR count). The minimum absolute atomic E-state index is 0.297. The van der Waals surface area contributed by atoms with E-state index in [2.05, 4.69) is 10.2 Å². The summed E-state index contributed by atoms with van der Waals surface area (Å²) < 4.78 is 5.55. The number of hydrogen-bond donors (Lipinski definition) is 1. The van der Waals surface area contributed by atoms with Gasteiger partial charge in [0.05, 0.1) is 0 Å². The monoisotopic (exact) mass is 179 g/mol. The molecule has 70 valence electrons. The summed E-state index contributed by atoms with van der Waals surface area (Å²) in [6.07, 6.45) is 4.03. The van der Waals surface area contributed by atoms with E-state index in [1.165, 1.54) is 0 Å². The number of hydrogen-bond acceptors (Lipinski definition) is 4. The van der Waals surface area contributed by atoms with Crippen LogP contribution in [-0.2, 0) is 0 Å². The van der Waals surface area contributed by atoms with Crippen LogP contribution in [0.2, 0.25) is 0 Å². The topological polar surface area (TPSA) is 61.0 Å². The van der Waals surface area contributed by atoms with Crippen molar-refractivity contribution in [1.29, 1.82) is 0 Å². The lowest BCUT2D eigenvalue weighted by Gasteiger charge is -2.33. The molecule has 0 atom stereocenters. The lowest BCUT2D eigenvalue weighted by molar-refractivity contribution is 0.0639. The van der Waals surface area contributed by atoms with Crippen LogP contribution in [0.5, 0.6) is 5.88 Å². The molecule has 1 heterocycles. The third kappa shape index (κ3) is 1.95. The Bertz CT molecular complexity index is 259. The van der Waals surface area contributed by atoms with E-state index in [1.807, 2.05) is 12.1 Å². The second-order valence-electron chi connectivity index (χ2n) is 3.37. The molecule has 1 aliphatic rings. The van der Waals surface area contributed by atoms with Crippen LogP contribution in [0.4, 0.5) is 0 Å². The van der Waals surface area contributed by atoms with Crippen LogP contribution in [0.1, 0.15) is 12.8 Å². The van der Waals surface area contributed by atoms with Crippen molar-refractivity contribution in [2.24, 2.45) is 11.7 Å². The molecule has 0 unspecified atom stereocenters. The SMILES string of the molecule is NCC1CC(Oc2cccnn2)C1. The fourth-order valence-corrected chi connectivity index (χ4v) is 1.48. The Kier molecular flexibility index (Phi) is 2.40. The van der Waals surface area contributed by atoms with E-state index in [9.17, 15) is 0 Å². The van der Waals surface area contributed by atoms with Gasteiger partial charge in [0.15, 0.2) is 0 Å². The van der Waals surface area contributed by atoms with Crippen molar-refractivity contribution in [3.05, 3.63) is 18.3 Å². The lowest BCUT2D eigenvalue weighted by atomic mass is 9.82. The minimum Gasteiger partial charge on any atom is -0.473 e. The average molecular weight is 179 g/mol. The van der Waals surface area contributed by atoms with E-state index >= 15 is 0 Å². The molecule has 4 nitrogen and oxygen atoms in total. The molecular weight excluding hydrogens is 166 g/mol. The summed E-state index contributed by atoms with van der Waals surface area (Å²) in [7, 11) is 0. The van der Waals surface area contributed by atoms with Crippen molar-refractivity contribution in [3.63, 3.8) is 0 Å². The first-order valence-electron chi connectivity index (χ1n) is 4.53. The van der Waals surface area contributed by atoms with Gasteiger partial charge < -0.3 is 10.5 Å². The second kappa shape index (κ2) is 3.70. The molecule has 1 fully saturated rings. The molecule has 0 radical (unpaired) electrons. The summed E-state index contributed by atoms with van der Waals surface area (Å²) in [6, 6.07) is 3.64. The van der Waals surface area contributed by atoms with Gasteiger partial charge in [0.25, 0.3) is 0 Å². The Labute approximate surface area is 77.1 Å². The highest BCUT2D eigenvalue weighted by atomic mass is 16.5. The molecule has 0 saturated heterocycles. The Balaban J connectivity index is 1.81. The van der Waals surface area contributed by atoms with Crippen molar-refractivity contribution >= 4 is 0 Å². The molecule has 1 aliphatic carbocycles.